The first-order chi connectivity index (χ1) is 8.75. The maximum atomic E-state index is 10.9. The second kappa shape index (κ2) is 6.47. The molecule has 0 amide bonds. The van der Waals surface area contributed by atoms with E-state index in [2.05, 4.69) is 34.6 Å². The van der Waals surface area contributed by atoms with Crippen LogP contribution in [-0.2, 0) is 17.3 Å². The van der Waals surface area contributed by atoms with Crippen molar-refractivity contribution in [3.8, 4) is 5.69 Å². The van der Waals surface area contributed by atoms with Crippen molar-refractivity contribution in [1.29, 1.82) is 0 Å². The van der Waals surface area contributed by atoms with Crippen LogP contribution in [0.1, 0.15) is 5.56 Å². The number of imidazole rings is 1. The average molecular weight is 263 g/mol. The highest BCUT2D eigenvalue weighted by Gasteiger charge is 1.97. The Morgan fingerprint density at radius 2 is 2.11 bits per heavy atom. The first kappa shape index (κ1) is 13.0. The molecule has 2 rings (SSSR count). The molecule has 1 atom stereocenters. The lowest BCUT2D eigenvalue weighted by molar-refractivity contribution is 0.676. The zero-order valence-corrected chi connectivity index (χ0v) is 11.2. The van der Waals surface area contributed by atoms with Crippen LogP contribution in [0.4, 0.5) is 0 Å². The summed E-state index contributed by atoms with van der Waals surface area (Å²) in [7, 11) is -0.720. The van der Waals surface area contributed by atoms with Crippen molar-refractivity contribution in [3.63, 3.8) is 0 Å². The van der Waals surface area contributed by atoms with Crippen LogP contribution in [0.5, 0.6) is 0 Å². The number of aromatic nitrogens is 2. The van der Waals surface area contributed by atoms with Gasteiger partial charge in [-0.2, -0.15) is 0 Å². The summed E-state index contributed by atoms with van der Waals surface area (Å²) in [6.45, 7) is 1.59. The van der Waals surface area contributed by atoms with Crippen molar-refractivity contribution in [3.05, 3.63) is 48.5 Å². The van der Waals surface area contributed by atoms with Gasteiger partial charge in [-0.15, -0.1) is 0 Å². The van der Waals surface area contributed by atoms with E-state index in [-0.39, 0.29) is 0 Å². The van der Waals surface area contributed by atoms with Crippen LogP contribution < -0.4 is 5.32 Å². The molecule has 96 valence electrons. The van der Waals surface area contributed by atoms with E-state index in [9.17, 15) is 4.21 Å². The lowest BCUT2D eigenvalue weighted by Gasteiger charge is -2.06. The summed E-state index contributed by atoms with van der Waals surface area (Å²) >= 11 is 0. The molecule has 1 heterocycles. The topological polar surface area (TPSA) is 46.9 Å². The van der Waals surface area contributed by atoms with Gasteiger partial charge in [0.15, 0.2) is 0 Å². The second-order valence-corrected chi connectivity index (χ2v) is 5.65. The molecule has 5 heteroatoms. The molecule has 1 aromatic carbocycles. The van der Waals surface area contributed by atoms with E-state index in [4.69, 9.17) is 0 Å². The van der Waals surface area contributed by atoms with Crippen LogP contribution in [0.2, 0.25) is 0 Å². The molecule has 0 saturated carbocycles. The average Bonchev–Trinajstić information content (AvgIpc) is 2.89. The van der Waals surface area contributed by atoms with Gasteiger partial charge < -0.3 is 9.88 Å². The molecule has 0 fully saturated rings. The standard InChI is InChI=1S/C13H17N3OS/c1-18(17)9-7-14-10-12-2-4-13(5-3-12)16-8-6-15-11-16/h2-6,8,11,14H,7,9-10H2,1H3. The number of rotatable bonds is 6. The summed E-state index contributed by atoms with van der Waals surface area (Å²) in [5, 5.41) is 3.28. The Bertz CT molecular complexity index is 493. The molecular formula is C13H17N3OS. The molecule has 0 aliphatic heterocycles. The third-order valence-corrected chi connectivity index (χ3v) is 3.41. The zero-order valence-electron chi connectivity index (χ0n) is 10.4. The van der Waals surface area contributed by atoms with Gasteiger partial charge >= 0.3 is 0 Å². The lowest BCUT2D eigenvalue weighted by Crippen LogP contribution is -2.19. The minimum Gasteiger partial charge on any atom is -0.312 e. The van der Waals surface area contributed by atoms with Gasteiger partial charge in [-0.25, -0.2) is 4.98 Å². The monoisotopic (exact) mass is 263 g/mol. The van der Waals surface area contributed by atoms with E-state index in [1.807, 2.05) is 10.8 Å². The number of nitrogens with zero attached hydrogens (tertiary/aromatic N) is 2. The molecular weight excluding hydrogens is 246 g/mol. The van der Waals surface area contributed by atoms with Gasteiger partial charge in [-0.1, -0.05) is 12.1 Å². The van der Waals surface area contributed by atoms with Crippen LogP contribution in [0.25, 0.3) is 5.69 Å². The Hall–Kier alpha value is -1.46. The fraction of sp³-hybridized carbons (Fsp3) is 0.308. The lowest BCUT2D eigenvalue weighted by atomic mass is 10.2. The summed E-state index contributed by atoms with van der Waals surface area (Å²) in [5.41, 5.74) is 2.33. The molecule has 4 nitrogen and oxygen atoms in total. The van der Waals surface area contributed by atoms with Crippen molar-refractivity contribution in [2.24, 2.45) is 0 Å². The van der Waals surface area contributed by atoms with E-state index in [0.29, 0.717) is 5.75 Å². The number of nitrogens with one attached hydrogen (secondary N) is 1. The number of hydrogen-bond acceptors (Lipinski definition) is 3. The fourth-order valence-electron chi connectivity index (χ4n) is 1.65. The number of benzene rings is 1. The van der Waals surface area contributed by atoms with Gasteiger partial charge in [-0.05, 0) is 17.7 Å². The molecule has 1 unspecified atom stereocenters. The maximum absolute atomic E-state index is 10.9. The number of hydrogen-bond donors (Lipinski definition) is 1. The van der Waals surface area contributed by atoms with Crippen molar-refractivity contribution in [2.45, 2.75) is 6.54 Å². The molecule has 0 saturated heterocycles. The van der Waals surface area contributed by atoms with E-state index < -0.39 is 10.8 Å². The highest BCUT2D eigenvalue weighted by molar-refractivity contribution is 7.84. The summed E-state index contributed by atoms with van der Waals surface area (Å²) < 4.78 is 12.9. The SMILES string of the molecule is CS(=O)CCNCc1ccc(-n2ccnc2)cc1. The van der Waals surface area contributed by atoms with Crippen LogP contribution >= 0.6 is 0 Å². The van der Waals surface area contributed by atoms with Gasteiger partial charge in [0.1, 0.15) is 0 Å². The first-order valence-corrected chi connectivity index (χ1v) is 7.56. The van der Waals surface area contributed by atoms with Gasteiger partial charge in [0, 0.05) is 54.0 Å². The minimum absolute atomic E-state index is 0.702. The fourth-order valence-corrected chi connectivity index (χ4v) is 2.08. The first-order valence-electron chi connectivity index (χ1n) is 5.84. The van der Waals surface area contributed by atoms with E-state index >= 15 is 0 Å². The van der Waals surface area contributed by atoms with Crippen molar-refractivity contribution in [2.75, 3.05) is 18.6 Å². The quantitative estimate of drug-likeness (QED) is 0.800. The smallest absolute Gasteiger partial charge is 0.0991 e. The molecule has 0 aliphatic rings. The molecule has 0 aliphatic carbocycles. The summed E-state index contributed by atoms with van der Waals surface area (Å²) in [6, 6.07) is 8.31. The summed E-state index contributed by atoms with van der Waals surface area (Å²) in [4.78, 5) is 4.02. The van der Waals surface area contributed by atoms with Gasteiger partial charge in [0.25, 0.3) is 0 Å². The minimum atomic E-state index is -0.720. The van der Waals surface area contributed by atoms with E-state index in [0.717, 1.165) is 18.8 Å². The van der Waals surface area contributed by atoms with Crippen LogP contribution in [0.3, 0.4) is 0 Å². The van der Waals surface area contributed by atoms with Crippen molar-refractivity contribution >= 4 is 10.8 Å². The van der Waals surface area contributed by atoms with Crippen LogP contribution in [0, 0.1) is 0 Å². The molecule has 2 aromatic rings. The Balaban J connectivity index is 1.86. The van der Waals surface area contributed by atoms with Gasteiger partial charge in [0.2, 0.25) is 0 Å². The Morgan fingerprint density at radius 3 is 2.72 bits per heavy atom. The molecule has 0 bridgehead atoms. The highest BCUT2D eigenvalue weighted by Crippen LogP contribution is 2.08. The van der Waals surface area contributed by atoms with Crippen molar-refractivity contribution in [1.82, 2.24) is 14.9 Å². The maximum Gasteiger partial charge on any atom is 0.0991 e. The Labute approximate surface area is 110 Å². The summed E-state index contributed by atoms with van der Waals surface area (Å²) in [6.07, 6.45) is 7.19. The van der Waals surface area contributed by atoms with Crippen molar-refractivity contribution < 1.29 is 4.21 Å². The predicted octanol–water partition coefficient (Wildman–Crippen LogP) is 1.34. The molecule has 1 N–H and O–H groups in total. The molecule has 1 aromatic heterocycles. The van der Waals surface area contributed by atoms with Crippen LogP contribution in [-0.4, -0.2) is 32.3 Å². The highest BCUT2D eigenvalue weighted by atomic mass is 32.2. The molecule has 0 radical (unpaired) electrons. The predicted molar refractivity (Wildman–Crippen MR) is 74.2 cm³/mol. The summed E-state index contributed by atoms with van der Waals surface area (Å²) in [5.74, 6) is 0.702. The second-order valence-electron chi connectivity index (χ2n) is 4.09. The largest absolute Gasteiger partial charge is 0.312 e. The normalized spacial score (nSPS) is 12.5. The van der Waals surface area contributed by atoms with E-state index in [1.54, 1.807) is 18.8 Å². The Morgan fingerprint density at radius 1 is 1.33 bits per heavy atom. The Kier molecular flexibility index (Phi) is 4.66. The van der Waals surface area contributed by atoms with Gasteiger partial charge in [0.05, 0.1) is 6.33 Å². The van der Waals surface area contributed by atoms with Gasteiger partial charge in [-0.3, -0.25) is 4.21 Å². The molecule has 0 spiro atoms. The third kappa shape index (κ3) is 3.78. The molecule has 18 heavy (non-hydrogen) atoms. The van der Waals surface area contributed by atoms with Crippen LogP contribution in [0.15, 0.2) is 43.0 Å². The zero-order chi connectivity index (χ0) is 12.8. The van der Waals surface area contributed by atoms with E-state index in [1.165, 1.54) is 5.56 Å². The third-order valence-electron chi connectivity index (χ3n) is 2.63.